The average Bonchev–Trinajstić information content (AvgIpc) is 1.71. The lowest BCUT2D eigenvalue weighted by Crippen LogP contribution is -2.51. The number of nitrogens with two attached hydrogens (primary N) is 1. The molecule has 12 aliphatic rings. The van der Waals surface area contributed by atoms with E-state index in [0.717, 1.165) is 70.2 Å². The molecule has 0 amide bonds. The molecular formula is C89H86ClF15N22O4. The van der Waals surface area contributed by atoms with Crippen LogP contribution in [0.25, 0.3) is 77.5 Å². The summed E-state index contributed by atoms with van der Waals surface area (Å²) in [6, 6.07) is 2.74. The number of phenolic OH excluding ortho intramolecular Hbond substituents is 1. The Bertz CT molecular complexity index is 6430. The van der Waals surface area contributed by atoms with Crippen LogP contribution in [-0.4, -0.2) is 237 Å². The Balaban J connectivity index is 0.580. The summed E-state index contributed by atoms with van der Waals surface area (Å²) in [7, 11) is 0. The van der Waals surface area contributed by atoms with Gasteiger partial charge >= 0.3 is 30.4 Å². The smallest absolute Gasteiger partial charge is 0.418 e. The Morgan fingerprint density at radius 2 is 0.969 bits per heavy atom. The zero-order valence-electron chi connectivity index (χ0n) is 70.5. The van der Waals surface area contributed by atoms with Crippen LogP contribution in [0, 0.1) is 61.4 Å². The number of alkyl halides is 9. The molecule has 8 aromatic heterocycles. The first-order valence-corrected chi connectivity index (χ1v) is 44.5. The molecule has 10 aromatic rings. The number of ether oxygens (including phenoxy) is 3. The third kappa shape index (κ3) is 14.5. The van der Waals surface area contributed by atoms with E-state index in [-0.39, 0.29) is 194 Å². The van der Waals surface area contributed by atoms with Gasteiger partial charge in [-0.3, -0.25) is 14.7 Å². The van der Waals surface area contributed by atoms with Crippen LogP contribution in [0.15, 0.2) is 30.3 Å². The molecule has 12 fully saturated rings. The number of terminal acetylenes is 1. The van der Waals surface area contributed by atoms with Gasteiger partial charge in [-0.05, 0) is 150 Å². The number of aromatic hydroxyl groups is 1. The van der Waals surface area contributed by atoms with Crippen LogP contribution in [-0.2, 0) is 12.4 Å². The second-order valence-electron chi connectivity index (χ2n) is 37.5. The predicted molar refractivity (Wildman–Crippen MR) is 452 cm³/mol. The fourth-order valence-electron chi connectivity index (χ4n) is 23.8. The molecule has 12 aliphatic heterocycles. The molecule has 7 N–H and O–H groups in total. The van der Waals surface area contributed by atoms with Crippen LogP contribution in [0.3, 0.4) is 0 Å². The van der Waals surface area contributed by atoms with Gasteiger partial charge < -0.3 is 61.0 Å². The summed E-state index contributed by atoms with van der Waals surface area (Å²) in [6.45, 7) is 3.34. The van der Waals surface area contributed by atoms with E-state index in [9.17, 15) is 18.3 Å². The molecule has 22 rings (SSSR count). The summed E-state index contributed by atoms with van der Waals surface area (Å²) in [5.41, 5.74) is -8.65. The van der Waals surface area contributed by atoms with Crippen LogP contribution in [0.1, 0.15) is 136 Å². The molecule has 20 heterocycles. The van der Waals surface area contributed by atoms with Gasteiger partial charge in [0, 0.05) is 131 Å². The SMILES string of the molecule is C#Cc1c(F)cc(C2CC[C@@]3(COc4nc(N5CC6CCC(C5)N6)c5c(F)nc(-c6nc(NC7CC[C@@]8(COc9nc(N%10CC%11CCC(C%10)N%11)c%10c(Cl)nc(-c%11nc(N)cc(C)c%11C(F)(F)F)c(F)c%10n9)C[C@@H](F)CN78)cc(C)c6C(F)(F)F)c(F)c5n4)C[C@@H](F)CN23)c2cc(O)cc(-c3nc(F)c4c(N5CC6CCC(C5)N6)nc(OC[C@@]56CCCN5C[C@H](F)C6)nc4c3F)c12. The lowest BCUT2D eigenvalue weighted by Gasteiger charge is -2.35. The van der Waals surface area contributed by atoms with Crippen molar-refractivity contribution in [2.45, 2.75) is 206 Å². The molecule has 0 saturated carbocycles. The zero-order valence-corrected chi connectivity index (χ0v) is 71.3. The minimum Gasteiger partial charge on any atom is -0.508 e. The maximum Gasteiger partial charge on any atom is 0.418 e. The van der Waals surface area contributed by atoms with E-state index in [0.29, 0.717) is 52.0 Å². The van der Waals surface area contributed by atoms with E-state index in [1.165, 1.54) is 6.07 Å². The van der Waals surface area contributed by atoms with Gasteiger partial charge in [0.2, 0.25) is 11.9 Å². The van der Waals surface area contributed by atoms with Crippen molar-refractivity contribution in [1.29, 1.82) is 0 Å². The largest absolute Gasteiger partial charge is 0.508 e. The number of aryl methyl sites for hydroxylation is 2. The van der Waals surface area contributed by atoms with Crippen molar-refractivity contribution in [3.8, 4) is 70.2 Å². The van der Waals surface area contributed by atoms with Gasteiger partial charge in [-0.25, -0.2) is 55.7 Å². The lowest BCUT2D eigenvalue weighted by atomic mass is 9.89. The highest BCUT2D eigenvalue weighted by Gasteiger charge is 2.58. The third-order valence-corrected chi connectivity index (χ3v) is 29.6. The number of halogens is 16. The number of piperazine rings is 3. The molecule has 12 saturated heterocycles. The Labute approximate surface area is 742 Å². The van der Waals surface area contributed by atoms with Crippen LogP contribution in [0.4, 0.5) is 94.9 Å². The number of hydrogen-bond donors (Lipinski definition) is 6. The van der Waals surface area contributed by atoms with Crippen LogP contribution in [0.5, 0.6) is 23.8 Å². The molecule has 42 heteroatoms. The first-order valence-electron chi connectivity index (χ1n) is 44.1. The summed E-state index contributed by atoms with van der Waals surface area (Å²) in [5, 5.41) is 23.8. The van der Waals surface area contributed by atoms with Crippen molar-refractivity contribution >= 4 is 84.2 Å². The van der Waals surface area contributed by atoms with Gasteiger partial charge in [0.15, 0.2) is 17.5 Å². The van der Waals surface area contributed by atoms with Crippen LogP contribution >= 0.6 is 11.6 Å². The predicted octanol–water partition coefficient (Wildman–Crippen LogP) is 13.9. The highest BCUT2D eigenvalue weighted by atomic mass is 35.5. The maximum absolute atomic E-state index is 18.4. The van der Waals surface area contributed by atoms with Crippen molar-refractivity contribution < 1.29 is 85.2 Å². The molecule has 26 nitrogen and oxygen atoms in total. The molecule has 688 valence electrons. The minimum atomic E-state index is -5.32. The standard InChI is InChI=1S/C89H86ClF15N22O4/c1-4-50-54(94)22-51(52-20-49(128)21-53(59(50)52)68-65(95)70-61(77(98)114-68)80(123-31-45-8-9-46(32-123)108-45)120-83(117-70)129-35-85-14-5-17-125(85)26-40(91)23-85)55-12-15-86(24-41(92)27-126(55)86)36-130-84-118-71-62(81(121-84)124-33-47-10-11-48(34-124)109-47)78(99)115-75(67(71)97)73-64(89(103,104)105)39(3)19-57(112-73)111-58-13-16-87(25-42(93)28-127(58)87)37-131-82-116-69-60(79(119-82)122-29-43-6-7-44(30-122)107-43)76(90)113-74(66(69)96)72-63(88(100,101)102)38(2)18-56(106)110-72/h1,18-22,40-48,55,58,107-109,128H,5-17,23-37H2,2-3H3,(H2,106,110)(H,111,112)/t40-,41-,42-,43?,44?,45?,46?,47?,48?,55?,58?,85+,86+,87+/m1/s1. The van der Waals surface area contributed by atoms with Crippen molar-refractivity contribution in [2.75, 3.05) is 111 Å². The Kier molecular flexibility index (Phi) is 20.6. The summed E-state index contributed by atoms with van der Waals surface area (Å²) in [6.07, 6.45) is -3.13. The lowest BCUT2D eigenvalue weighted by molar-refractivity contribution is -0.138. The maximum atomic E-state index is 18.4. The second kappa shape index (κ2) is 31.4. The minimum absolute atomic E-state index is 0.00103. The number of aromatic nitrogens is 11. The third-order valence-electron chi connectivity index (χ3n) is 29.3. The molecule has 6 bridgehead atoms. The van der Waals surface area contributed by atoms with Crippen molar-refractivity contribution in [3.05, 3.63) is 104 Å². The van der Waals surface area contributed by atoms with Crippen molar-refractivity contribution in [2.24, 2.45) is 0 Å². The summed E-state index contributed by atoms with van der Waals surface area (Å²) >= 11 is 6.87. The number of fused-ring (bicyclic) bond motifs is 13. The molecule has 131 heavy (non-hydrogen) atoms. The molecular weight excluding hydrogens is 1760 g/mol. The first-order chi connectivity index (χ1) is 62.6. The number of nitrogen functional groups attached to an aromatic ring is 1. The molecule has 0 aliphatic carbocycles. The Morgan fingerprint density at radius 3 is 1.51 bits per heavy atom. The van der Waals surface area contributed by atoms with Crippen molar-refractivity contribution in [3.63, 3.8) is 0 Å². The van der Waals surface area contributed by atoms with E-state index in [4.69, 9.17) is 52.9 Å². The number of anilines is 5. The normalized spacial score (nSPS) is 28.3. The summed E-state index contributed by atoms with van der Waals surface area (Å²) < 4.78 is 266. The number of nitrogens with one attached hydrogen (secondary N) is 4. The topological polar surface area (TPSA) is 283 Å². The second-order valence-corrected chi connectivity index (χ2v) is 37.9. The van der Waals surface area contributed by atoms with E-state index >= 15 is 52.7 Å². The molecule has 2 aromatic carbocycles. The van der Waals surface area contributed by atoms with Gasteiger partial charge in [0.25, 0.3) is 0 Å². The van der Waals surface area contributed by atoms with Gasteiger partial charge in [-0.1, -0.05) is 17.5 Å². The molecule has 8 unspecified atom stereocenters. The Hall–Kier alpha value is -10.8. The van der Waals surface area contributed by atoms with Gasteiger partial charge in [-0.15, -0.1) is 6.42 Å². The van der Waals surface area contributed by atoms with Crippen molar-refractivity contribution in [1.82, 2.24) is 85.5 Å². The number of phenols is 1. The van der Waals surface area contributed by atoms with E-state index in [2.05, 4.69) is 67.1 Å². The first kappa shape index (κ1) is 85.7. The number of pyridine rings is 5. The fourth-order valence-corrected chi connectivity index (χ4v) is 24.1. The van der Waals surface area contributed by atoms with E-state index in [1.807, 2.05) is 14.7 Å². The summed E-state index contributed by atoms with van der Waals surface area (Å²) in [4.78, 5) is 58.8. The fraction of sp³-hybridized carbons (Fsp3) is 0.517. The average molecular weight is 1850 g/mol. The van der Waals surface area contributed by atoms with Gasteiger partial charge in [0.1, 0.15) is 140 Å². The number of rotatable bonds is 18. The highest BCUT2D eigenvalue weighted by Crippen LogP contribution is 2.55. The van der Waals surface area contributed by atoms with E-state index < -0.39 is 204 Å². The molecule has 0 spiro atoms. The number of nitrogens with zero attached hydrogens (tertiary/aromatic N) is 17. The number of hydrogen-bond acceptors (Lipinski definition) is 26. The van der Waals surface area contributed by atoms with Crippen LogP contribution in [0.2, 0.25) is 5.15 Å². The molecule has 0 radical (unpaired) electrons. The van der Waals surface area contributed by atoms with Gasteiger partial charge in [0.05, 0.1) is 44.9 Å². The monoisotopic (exact) mass is 1850 g/mol. The molecule has 14 atom stereocenters. The quantitative estimate of drug-likeness (QED) is 0.0264. The number of benzene rings is 2. The Morgan fingerprint density at radius 1 is 0.511 bits per heavy atom. The van der Waals surface area contributed by atoms with Crippen LogP contribution < -0.4 is 55.9 Å². The zero-order chi connectivity index (χ0) is 90.9. The summed E-state index contributed by atoms with van der Waals surface area (Å²) in [5.74, 6) is -6.84. The van der Waals surface area contributed by atoms with Gasteiger partial charge in [-0.2, -0.15) is 65.0 Å². The highest BCUT2D eigenvalue weighted by molar-refractivity contribution is 6.35. The van der Waals surface area contributed by atoms with E-state index in [1.54, 1.807) is 14.7 Å².